The van der Waals surface area contributed by atoms with Crippen LogP contribution < -0.4 is 15.2 Å². The Morgan fingerprint density at radius 2 is 1.96 bits per heavy atom. The van der Waals surface area contributed by atoms with Crippen molar-refractivity contribution >= 4 is 10.9 Å². The Morgan fingerprint density at radius 1 is 1.08 bits per heavy atom. The van der Waals surface area contributed by atoms with Gasteiger partial charge in [0.2, 0.25) is 6.79 Å². The molecule has 4 heteroatoms. The van der Waals surface area contributed by atoms with Gasteiger partial charge in [0.05, 0.1) is 0 Å². The second-order valence-corrected chi connectivity index (χ2v) is 6.29. The lowest BCUT2D eigenvalue weighted by molar-refractivity contribution is 0.174. The number of ether oxygens (including phenoxy) is 2. The van der Waals surface area contributed by atoms with Crippen molar-refractivity contribution in [3.05, 3.63) is 47.5 Å². The number of hydrogen-bond donors (Lipinski definition) is 2. The molecule has 124 valence electrons. The molecule has 2 aromatic carbocycles. The smallest absolute Gasteiger partial charge is 0.231 e. The van der Waals surface area contributed by atoms with E-state index in [0.717, 1.165) is 42.9 Å². The number of nitrogens with two attached hydrogens (primary N) is 1. The van der Waals surface area contributed by atoms with Crippen molar-refractivity contribution in [1.29, 1.82) is 0 Å². The molecule has 0 unspecified atom stereocenters. The molecule has 0 saturated heterocycles. The zero-order chi connectivity index (χ0) is 16.5. The van der Waals surface area contributed by atoms with Gasteiger partial charge in [0, 0.05) is 22.2 Å². The van der Waals surface area contributed by atoms with E-state index in [4.69, 9.17) is 15.2 Å². The number of unbranched alkanes of at least 4 members (excludes halogenated alkanes) is 1. The van der Waals surface area contributed by atoms with Gasteiger partial charge >= 0.3 is 0 Å². The van der Waals surface area contributed by atoms with Gasteiger partial charge < -0.3 is 20.2 Å². The van der Waals surface area contributed by atoms with Gasteiger partial charge in [0.1, 0.15) is 0 Å². The highest BCUT2D eigenvalue weighted by Crippen LogP contribution is 2.39. The SMILES string of the molecule is Cc1cccc2c(CCCCN)c(-c3ccc4c(c3)OCO4)[nH]c12. The van der Waals surface area contributed by atoms with E-state index in [0.29, 0.717) is 6.79 Å². The average molecular weight is 322 g/mol. The second-order valence-electron chi connectivity index (χ2n) is 6.29. The van der Waals surface area contributed by atoms with E-state index in [-0.39, 0.29) is 0 Å². The van der Waals surface area contributed by atoms with Crippen LogP contribution in [0.25, 0.3) is 22.2 Å². The standard InChI is InChI=1S/C20H22N2O2/c1-13-5-4-7-15-16(6-2-3-10-21)20(22-19(13)15)14-8-9-17-18(11-14)24-12-23-17/h4-5,7-9,11,22H,2-3,6,10,12,21H2,1H3. The topological polar surface area (TPSA) is 60.3 Å². The summed E-state index contributed by atoms with van der Waals surface area (Å²) < 4.78 is 11.0. The largest absolute Gasteiger partial charge is 0.454 e. The van der Waals surface area contributed by atoms with Crippen molar-refractivity contribution < 1.29 is 9.47 Å². The third-order valence-corrected chi connectivity index (χ3v) is 4.69. The fourth-order valence-electron chi connectivity index (χ4n) is 3.42. The van der Waals surface area contributed by atoms with Gasteiger partial charge in [-0.05, 0) is 62.1 Å². The Labute approximate surface area is 141 Å². The highest BCUT2D eigenvalue weighted by atomic mass is 16.7. The van der Waals surface area contributed by atoms with Gasteiger partial charge in [-0.1, -0.05) is 18.2 Å². The molecule has 3 N–H and O–H groups in total. The van der Waals surface area contributed by atoms with Gasteiger partial charge in [-0.25, -0.2) is 0 Å². The summed E-state index contributed by atoms with van der Waals surface area (Å²) in [5.74, 6) is 1.63. The number of aromatic nitrogens is 1. The maximum atomic E-state index is 5.68. The van der Waals surface area contributed by atoms with E-state index < -0.39 is 0 Å². The number of H-pyrrole nitrogens is 1. The molecule has 0 aliphatic carbocycles. The lowest BCUT2D eigenvalue weighted by Crippen LogP contribution is -1.99. The predicted octanol–water partition coefficient (Wildman–Crippen LogP) is 4.15. The molecule has 3 aromatic rings. The van der Waals surface area contributed by atoms with Crippen LogP contribution in [0.1, 0.15) is 24.0 Å². The summed E-state index contributed by atoms with van der Waals surface area (Å²) in [5.41, 5.74) is 11.8. The minimum atomic E-state index is 0.300. The second kappa shape index (κ2) is 6.21. The van der Waals surface area contributed by atoms with Crippen molar-refractivity contribution in [2.45, 2.75) is 26.2 Å². The minimum absolute atomic E-state index is 0.300. The molecular weight excluding hydrogens is 300 g/mol. The number of hydrogen-bond acceptors (Lipinski definition) is 3. The molecule has 2 heterocycles. The summed E-state index contributed by atoms with van der Waals surface area (Å²) in [6.07, 6.45) is 3.15. The first kappa shape index (κ1) is 15.1. The molecule has 1 aliphatic rings. The number of nitrogens with one attached hydrogen (secondary N) is 1. The van der Waals surface area contributed by atoms with Crippen LogP contribution in [0, 0.1) is 6.92 Å². The molecule has 0 fully saturated rings. The average Bonchev–Trinajstić information content (AvgIpc) is 3.20. The lowest BCUT2D eigenvalue weighted by atomic mass is 9.99. The molecule has 4 nitrogen and oxygen atoms in total. The predicted molar refractivity (Wildman–Crippen MR) is 96.6 cm³/mol. The van der Waals surface area contributed by atoms with Crippen molar-refractivity contribution in [1.82, 2.24) is 4.98 Å². The number of rotatable bonds is 5. The van der Waals surface area contributed by atoms with Gasteiger partial charge in [0.25, 0.3) is 0 Å². The van der Waals surface area contributed by atoms with E-state index in [1.165, 1.54) is 27.7 Å². The Bertz CT molecular complexity index is 883. The van der Waals surface area contributed by atoms with Gasteiger partial charge in [-0.2, -0.15) is 0 Å². The summed E-state index contributed by atoms with van der Waals surface area (Å²) in [7, 11) is 0. The zero-order valence-corrected chi connectivity index (χ0v) is 13.9. The first-order valence-corrected chi connectivity index (χ1v) is 8.48. The summed E-state index contributed by atoms with van der Waals surface area (Å²) >= 11 is 0. The first-order valence-electron chi connectivity index (χ1n) is 8.48. The van der Waals surface area contributed by atoms with Crippen LogP contribution in [0.2, 0.25) is 0 Å². The normalized spacial score (nSPS) is 12.9. The van der Waals surface area contributed by atoms with Crippen molar-refractivity contribution in [3.8, 4) is 22.8 Å². The molecular formula is C20H22N2O2. The van der Waals surface area contributed by atoms with Crippen LogP contribution in [0.3, 0.4) is 0 Å². The highest BCUT2D eigenvalue weighted by molar-refractivity contribution is 5.93. The van der Waals surface area contributed by atoms with Crippen LogP contribution in [0.4, 0.5) is 0 Å². The van der Waals surface area contributed by atoms with Crippen LogP contribution in [0.15, 0.2) is 36.4 Å². The first-order chi connectivity index (χ1) is 11.8. The van der Waals surface area contributed by atoms with E-state index >= 15 is 0 Å². The number of benzene rings is 2. The maximum absolute atomic E-state index is 5.68. The van der Waals surface area contributed by atoms with Gasteiger partial charge in [-0.15, -0.1) is 0 Å². The molecule has 0 spiro atoms. The van der Waals surface area contributed by atoms with Gasteiger partial charge in [-0.3, -0.25) is 0 Å². The van der Waals surface area contributed by atoms with E-state index in [2.05, 4.69) is 42.2 Å². The molecule has 1 aromatic heterocycles. The maximum Gasteiger partial charge on any atom is 0.231 e. The van der Waals surface area contributed by atoms with Crippen molar-refractivity contribution in [3.63, 3.8) is 0 Å². The third-order valence-electron chi connectivity index (χ3n) is 4.69. The zero-order valence-electron chi connectivity index (χ0n) is 13.9. The molecule has 0 saturated carbocycles. The van der Waals surface area contributed by atoms with E-state index in [1.807, 2.05) is 6.07 Å². The fourth-order valence-corrected chi connectivity index (χ4v) is 3.42. The number of fused-ring (bicyclic) bond motifs is 2. The van der Waals surface area contributed by atoms with Crippen LogP contribution in [-0.4, -0.2) is 18.3 Å². The van der Waals surface area contributed by atoms with Crippen LogP contribution >= 0.6 is 0 Å². The molecule has 1 aliphatic heterocycles. The number of aromatic amines is 1. The number of aryl methyl sites for hydroxylation is 2. The van der Waals surface area contributed by atoms with Crippen LogP contribution in [-0.2, 0) is 6.42 Å². The molecule has 0 bridgehead atoms. The third kappa shape index (κ3) is 2.53. The summed E-state index contributed by atoms with van der Waals surface area (Å²) in [6, 6.07) is 12.6. The molecule has 0 atom stereocenters. The Hall–Kier alpha value is -2.46. The Morgan fingerprint density at radius 3 is 2.83 bits per heavy atom. The van der Waals surface area contributed by atoms with Gasteiger partial charge in [0.15, 0.2) is 11.5 Å². The van der Waals surface area contributed by atoms with Crippen molar-refractivity contribution in [2.24, 2.45) is 5.73 Å². The molecule has 0 radical (unpaired) electrons. The summed E-state index contributed by atoms with van der Waals surface area (Å²) in [6.45, 7) is 3.18. The Kier molecular flexibility index (Phi) is 3.90. The lowest BCUT2D eigenvalue weighted by Gasteiger charge is -2.06. The molecule has 4 rings (SSSR count). The number of para-hydroxylation sites is 1. The Balaban J connectivity index is 1.84. The molecule has 0 amide bonds. The van der Waals surface area contributed by atoms with E-state index in [9.17, 15) is 0 Å². The summed E-state index contributed by atoms with van der Waals surface area (Å²) in [5, 5.41) is 1.31. The van der Waals surface area contributed by atoms with E-state index in [1.54, 1.807) is 0 Å². The fraction of sp³-hybridized carbons (Fsp3) is 0.300. The van der Waals surface area contributed by atoms with Crippen LogP contribution in [0.5, 0.6) is 11.5 Å². The quantitative estimate of drug-likeness (QED) is 0.694. The molecule has 24 heavy (non-hydrogen) atoms. The minimum Gasteiger partial charge on any atom is -0.454 e. The monoisotopic (exact) mass is 322 g/mol. The summed E-state index contributed by atoms with van der Waals surface area (Å²) in [4.78, 5) is 3.64. The van der Waals surface area contributed by atoms with Crippen molar-refractivity contribution in [2.75, 3.05) is 13.3 Å². The highest BCUT2D eigenvalue weighted by Gasteiger charge is 2.18.